The average Bonchev–Trinajstić information content (AvgIpc) is 2.57. The number of rotatable bonds is 4. The summed E-state index contributed by atoms with van der Waals surface area (Å²) in [7, 11) is -8.26. The van der Waals surface area contributed by atoms with Gasteiger partial charge in [-0.1, -0.05) is 0 Å². The van der Waals surface area contributed by atoms with E-state index in [0.29, 0.717) is 11.3 Å². The van der Waals surface area contributed by atoms with E-state index in [1.54, 1.807) is 11.5 Å². The summed E-state index contributed by atoms with van der Waals surface area (Å²) in [5.74, 6) is -0.707. The second-order valence-corrected chi connectivity index (χ2v) is 9.36. The minimum Gasteiger partial charge on any atom is -0.744 e. The first-order chi connectivity index (χ1) is 10.7. The second kappa shape index (κ2) is 5.64. The van der Waals surface area contributed by atoms with Crippen LogP contribution in [-0.4, -0.2) is 50.4 Å². The largest absolute Gasteiger partial charge is 0.744 e. The van der Waals surface area contributed by atoms with Crippen LogP contribution in [-0.2, 0) is 30.4 Å². The molecule has 0 fully saturated rings. The zero-order valence-corrected chi connectivity index (χ0v) is 15.3. The third kappa shape index (κ3) is 3.50. The summed E-state index contributed by atoms with van der Waals surface area (Å²) in [6.45, 7) is 5.19. The van der Waals surface area contributed by atoms with Gasteiger partial charge in [0.25, 0.3) is 5.91 Å². The van der Waals surface area contributed by atoms with Crippen molar-refractivity contribution in [1.82, 2.24) is 4.72 Å². The number of hydrogen-bond donors (Lipinski definition) is 1. The molecule has 0 spiro atoms. The monoisotopic (exact) mass is 374 g/mol. The molecule has 1 aliphatic heterocycles. The molecule has 0 aromatic heterocycles. The summed E-state index contributed by atoms with van der Waals surface area (Å²) >= 11 is 0. The van der Waals surface area contributed by atoms with E-state index in [4.69, 9.17) is 0 Å². The molecule has 1 aromatic rings. The number of carbonyl (C=O) groups excluding carboxylic acids is 1. The van der Waals surface area contributed by atoms with Crippen LogP contribution in [0.25, 0.3) is 0 Å². The van der Waals surface area contributed by atoms with Gasteiger partial charge in [-0.3, -0.25) is 4.79 Å². The van der Waals surface area contributed by atoms with E-state index in [9.17, 15) is 26.2 Å². The highest BCUT2D eigenvalue weighted by molar-refractivity contribution is 7.89. The molecule has 1 heterocycles. The van der Waals surface area contributed by atoms with Gasteiger partial charge in [0, 0.05) is 18.6 Å². The predicted molar refractivity (Wildman–Crippen MR) is 85.9 cm³/mol. The van der Waals surface area contributed by atoms with Crippen LogP contribution >= 0.6 is 0 Å². The molecule has 1 aromatic carbocycles. The lowest BCUT2D eigenvalue weighted by atomic mass is 9.82. The van der Waals surface area contributed by atoms with Crippen LogP contribution in [0.3, 0.4) is 0 Å². The third-order valence-electron chi connectivity index (χ3n) is 4.13. The normalized spacial score (nSPS) is 16.9. The first kappa shape index (κ1) is 18.6. The smallest absolute Gasteiger partial charge is 0.299 e. The fourth-order valence-corrected chi connectivity index (χ4v) is 3.68. The highest BCUT2D eigenvalue weighted by Crippen LogP contribution is 2.40. The summed E-state index contributed by atoms with van der Waals surface area (Å²) in [5, 5.41) is 0. The molecular formula is C14H18N2O6S2. The highest BCUT2D eigenvalue weighted by atomic mass is 32.2. The topological polar surface area (TPSA) is 123 Å². The van der Waals surface area contributed by atoms with Crippen molar-refractivity contribution in [3.8, 4) is 0 Å². The van der Waals surface area contributed by atoms with Crippen molar-refractivity contribution in [2.45, 2.75) is 31.1 Å². The fourth-order valence-electron chi connectivity index (χ4n) is 2.71. The Labute approximate surface area is 141 Å². The van der Waals surface area contributed by atoms with E-state index in [1.807, 2.05) is 18.6 Å². The van der Waals surface area contributed by atoms with Crippen LogP contribution in [0.2, 0.25) is 0 Å². The standard InChI is InChI=1S/C14H18N2O6S2/c1-9-14(2,3)11-7-10(24(20,21)22)5-6-12(11)16(9)8-13(17)15-23(4,18)19/h5-7H,8H2,1-4H3,(H-,15,17,20,21,22). The van der Waals surface area contributed by atoms with Gasteiger partial charge in [0.1, 0.15) is 10.1 Å². The summed E-state index contributed by atoms with van der Waals surface area (Å²) in [6.07, 6.45) is 0.884. The molecule has 132 valence electrons. The van der Waals surface area contributed by atoms with Gasteiger partial charge in [0.05, 0.1) is 16.6 Å². The number of nitrogens with zero attached hydrogens (tertiary/aromatic N) is 1. The molecule has 0 bridgehead atoms. The van der Waals surface area contributed by atoms with Crippen molar-refractivity contribution in [1.29, 1.82) is 0 Å². The van der Waals surface area contributed by atoms with Gasteiger partial charge in [-0.15, -0.1) is 0 Å². The van der Waals surface area contributed by atoms with Crippen molar-refractivity contribution < 1.29 is 30.8 Å². The lowest BCUT2D eigenvalue weighted by molar-refractivity contribution is -0.426. The maximum Gasteiger partial charge on any atom is 0.299 e. The van der Waals surface area contributed by atoms with Crippen molar-refractivity contribution in [3.05, 3.63) is 23.8 Å². The van der Waals surface area contributed by atoms with E-state index in [-0.39, 0.29) is 11.4 Å². The van der Waals surface area contributed by atoms with Crippen molar-refractivity contribution >= 4 is 37.4 Å². The van der Waals surface area contributed by atoms with Crippen molar-refractivity contribution in [2.24, 2.45) is 0 Å². The molecular weight excluding hydrogens is 356 g/mol. The Hall–Kier alpha value is -1.78. The lowest BCUT2D eigenvalue weighted by Gasteiger charge is -2.16. The third-order valence-corrected chi connectivity index (χ3v) is 5.56. The minimum absolute atomic E-state index is 0.237. The van der Waals surface area contributed by atoms with E-state index < -0.39 is 31.5 Å². The average molecular weight is 374 g/mol. The van der Waals surface area contributed by atoms with Gasteiger partial charge in [-0.2, -0.15) is 4.58 Å². The minimum atomic E-state index is -4.59. The van der Waals surface area contributed by atoms with E-state index in [2.05, 4.69) is 0 Å². The summed E-state index contributed by atoms with van der Waals surface area (Å²) in [5.41, 5.74) is 1.28. The summed E-state index contributed by atoms with van der Waals surface area (Å²) < 4.78 is 59.5. The molecule has 1 aliphatic rings. The van der Waals surface area contributed by atoms with E-state index >= 15 is 0 Å². The van der Waals surface area contributed by atoms with Crippen molar-refractivity contribution in [3.63, 3.8) is 0 Å². The Bertz CT molecular complexity index is 959. The Morgan fingerprint density at radius 2 is 1.83 bits per heavy atom. The van der Waals surface area contributed by atoms with Gasteiger partial charge in [-0.25, -0.2) is 21.6 Å². The number of hydrogen-bond acceptors (Lipinski definition) is 6. The Balaban J connectivity index is 2.50. The highest BCUT2D eigenvalue weighted by Gasteiger charge is 2.44. The molecule has 10 heteroatoms. The zero-order chi connectivity index (χ0) is 18.5. The maximum absolute atomic E-state index is 11.9. The molecule has 0 atom stereocenters. The zero-order valence-electron chi connectivity index (χ0n) is 13.7. The molecule has 0 saturated carbocycles. The van der Waals surface area contributed by atoms with E-state index in [1.165, 1.54) is 18.2 Å². The quantitative estimate of drug-likeness (QED) is 0.587. The lowest BCUT2D eigenvalue weighted by Crippen LogP contribution is -2.36. The first-order valence-electron chi connectivity index (χ1n) is 6.96. The molecule has 0 radical (unpaired) electrons. The van der Waals surface area contributed by atoms with Crippen LogP contribution in [0.1, 0.15) is 26.3 Å². The van der Waals surface area contributed by atoms with Crippen LogP contribution in [0.15, 0.2) is 23.1 Å². The van der Waals surface area contributed by atoms with Crippen LogP contribution in [0.4, 0.5) is 5.69 Å². The van der Waals surface area contributed by atoms with Gasteiger partial charge in [0.15, 0.2) is 5.71 Å². The van der Waals surface area contributed by atoms with Crippen LogP contribution < -0.4 is 4.72 Å². The fraction of sp³-hybridized carbons (Fsp3) is 0.429. The SMILES string of the molecule is CC1=[N+](CC(=O)NS(C)(=O)=O)c2ccc(S(=O)(=O)[O-])cc2C1(C)C. The van der Waals surface area contributed by atoms with Crippen LogP contribution in [0, 0.1) is 0 Å². The van der Waals surface area contributed by atoms with Gasteiger partial charge in [-0.05, 0) is 26.0 Å². The van der Waals surface area contributed by atoms with Crippen molar-refractivity contribution in [2.75, 3.05) is 12.8 Å². The summed E-state index contributed by atoms with van der Waals surface area (Å²) in [6, 6.07) is 3.93. The molecule has 0 unspecified atom stereocenters. The van der Waals surface area contributed by atoms with Gasteiger partial charge < -0.3 is 4.55 Å². The second-order valence-electron chi connectivity index (χ2n) is 6.23. The number of sulfonamides is 1. The van der Waals surface area contributed by atoms with Crippen LogP contribution in [0.5, 0.6) is 0 Å². The predicted octanol–water partition coefficient (Wildman–Crippen LogP) is 0.0626. The Morgan fingerprint density at radius 3 is 2.33 bits per heavy atom. The maximum atomic E-state index is 11.9. The Kier molecular flexibility index (Phi) is 4.36. The molecule has 8 nitrogen and oxygen atoms in total. The number of amides is 1. The first-order valence-corrected chi connectivity index (χ1v) is 10.3. The molecule has 0 saturated heterocycles. The number of nitrogens with one attached hydrogen (secondary N) is 1. The molecule has 24 heavy (non-hydrogen) atoms. The number of benzene rings is 1. The van der Waals surface area contributed by atoms with Gasteiger partial charge >= 0.3 is 0 Å². The molecule has 1 N–H and O–H groups in total. The van der Waals surface area contributed by atoms with Gasteiger partial charge in [0.2, 0.25) is 22.3 Å². The molecule has 2 rings (SSSR count). The van der Waals surface area contributed by atoms with E-state index in [0.717, 1.165) is 12.0 Å². The molecule has 1 amide bonds. The summed E-state index contributed by atoms with van der Waals surface area (Å²) in [4.78, 5) is 11.6. The molecule has 0 aliphatic carbocycles. The number of fused-ring (bicyclic) bond motifs is 1. The Morgan fingerprint density at radius 1 is 1.25 bits per heavy atom. The number of carbonyl (C=O) groups is 1.